The number of hydrogen-bond donors (Lipinski definition) is 0. The first-order chi connectivity index (χ1) is 6.70. The molecular formula is C11H13NO2. The van der Waals surface area contributed by atoms with E-state index in [0.29, 0.717) is 24.8 Å². The summed E-state index contributed by atoms with van der Waals surface area (Å²) in [6.07, 6.45) is 4.74. The zero-order valence-electron chi connectivity index (χ0n) is 8.19. The minimum atomic E-state index is 0.0775. The lowest BCUT2D eigenvalue weighted by Crippen LogP contribution is -2.00. The van der Waals surface area contributed by atoms with Crippen LogP contribution in [0.1, 0.15) is 36.5 Å². The van der Waals surface area contributed by atoms with E-state index >= 15 is 0 Å². The SMILES string of the molecule is CC(=O)CCCC(=O)c1ccncc1. The smallest absolute Gasteiger partial charge is 0.162 e. The Labute approximate surface area is 83.2 Å². The highest BCUT2D eigenvalue weighted by atomic mass is 16.1. The number of rotatable bonds is 5. The van der Waals surface area contributed by atoms with Crippen molar-refractivity contribution >= 4 is 11.6 Å². The largest absolute Gasteiger partial charge is 0.300 e. The summed E-state index contributed by atoms with van der Waals surface area (Å²) in [6, 6.07) is 3.38. The van der Waals surface area contributed by atoms with Crippen molar-refractivity contribution < 1.29 is 9.59 Å². The molecule has 14 heavy (non-hydrogen) atoms. The van der Waals surface area contributed by atoms with Gasteiger partial charge in [-0.3, -0.25) is 9.78 Å². The Balaban J connectivity index is 2.40. The minimum Gasteiger partial charge on any atom is -0.300 e. The normalized spacial score (nSPS) is 9.79. The molecule has 0 N–H and O–H groups in total. The maximum Gasteiger partial charge on any atom is 0.162 e. The summed E-state index contributed by atoms with van der Waals surface area (Å²) in [5.74, 6) is 0.209. The Hall–Kier alpha value is -1.51. The molecule has 0 bridgehead atoms. The number of aromatic nitrogens is 1. The van der Waals surface area contributed by atoms with Crippen molar-refractivity contribution in [1.82, 2.24) is 4.98 Å². The van der Waals surface area contributed by atoms with E-state index in [2.05, 4.69) is 4.98 Å². The van der Waals surface area contributed by atoms with Gasteiger partial charge in [-0.05, 0) is 25.5 Å². The first-order valence-corrected chi connectivity index (χ1v) is 4.63. The molecule has 0 aliphatic heterocycles. The average molecular weight is 191 g/mol. The molecule has 0 saturated carbocycles. The first kappa shape index (κ1) is 10.6. The fourth-order valence-electron chi connectivity index (χ4n) is 1.18. The summed E-state index contributed by atoms with van der Waals surface area (Å²) < 4.78 is 0. The third-order valence-electron chi connectivity index (χ3n) is 1.93. The van der Waals surface area contributed by atoms with Gasteiger partial charge < -0.3 is 4.79 Å². The second-order valence-corrected chi connectivity index (χ2v) is 3.21. The highest BCUT2D eigenvalue weighted by molar-refractivity contribution is 5.96. The van der Waals surface area contributed by atoms with Crippen LogP contribution < -0.4 is 0 Å². The van der Waals surface area contributed by atoms with Crippen molar-refractivity contribution in [2.45, 2.75) is 26.2 Å². The van der Waals surface area contributed by atoms with E-state index < -0.39 is 0 Å². The minimum absolute atomic E-state index is 0.0775. The summed E-state index contributed by atoms with van der Waals surface area (Å²) in [4.78, 5) is 26.0. The van der Waals surface area contributed by atoms with Crippen LogP contribution in [0.2, 0.25) is 0 Å². The Bertz CT molecular complexity index is 319. The number of carbonyl (C=O) groups excluding carboxylic acids is 2. The second kappa shape index (κ2) is 5.27. The van der Waals surface area contributed by atoms with Crippen LogP contribution in [0.3, 0.4) is 0 Å². The van der Waals surface area contributed by atoms with Gasteiger partial charge in [0, 0.05) is 30.8 Å². The molecule has 3 nitrogen and oxygen atoms in total. The second-order valence-electron chi connectivity index (χ2n) is 3.21. The van der Waals surface area contributed by atoms with Gasteiger partial charge in [0.2, 0.25) is 0 Å². The van der Waals surface area contributed by atoms with Gasteiger partial charge in [0.05, 0.1) is 0 Å². The molecule has 3 heteroatoms. The van der Waals surface area contributed by atoms with Gasteiger partial charge >= 0.3 is 0 Å². The molecule has 1 aromatic heterocycles. The molecule has 0 saturated heterocycles. The molecular weight excluding hydrogens is 178 g/mol. The van der Waals surface area contributed by atoms with Crippen molar-refractivity contribution in [3.8, 4) is 0 Å². The zero-order chi connectivity index (χ0) is 10.4. The first-order valence-electron chi connectivity index (χ1n) is 4.63. The Kier molecular flexibility index (Phi) is 3.98. The summed E-state index contributed by atoms with van der Waals surface area (Å²) in [7, 11) is 0. The molecule has 1 aromatic rings. The third kappa shape index (κ3) is 3.47. The van der Waals surface area contributed by atoms with Crippen molar-refractivity contribution in [2.75, 3.05) is 0 Å². The van der Waals surface area contributed by atoms with Gasteiger partial charge in [0.15, 0.2) is 5.78 Å². The van der Waals surface area contributed by atoms with Gasteiger partial charge in [-0.1, -0.05) is 0 Å². The summed E-state index contributed by atoms with van der Waals surface area (Å²) in [5, 5.41) is 0. The van der Waals surface area contributed by atoms with Gasteiger partial charge in [-0.2, -0.15) is 0 Å². The third-order valence-corrected chi connectivity index (χ3v) is 1.93. The molecule has 0 aromatic carbocycles. The van der Waals surface area contributed by atoms with Crippen LogP contribution >= 0.6 is 0 Å². The van der Waals surface area contributed by atoms with Crippen LogP contribution in [0.15, 0.2) is 24.5 Å². The predicted octanol–water partition coefficient (Wildman–Crippen LogP) is 2.02. The van der Waals surface area contributed by atoms with E-state index in [1.54, 1.807) is 24.5 Å². The predicted molar refractivity (Wildman–Crippen MR) is 53.1 cm³/mol. The van der Waals surface area contributed by atoms with E-state index in [9.17, 15) is 9.59 Å². The quantitative estimate of drug-likeness (QED) is 0.669. The van der Waals surface area contributed by atoms with Crippen LogP contribution in [-0.2, 0) is 4.79 Å². The molecule has 0 amide bonds. The van der Waals surface area contributed by atoms with E-state index in [4.69, 9.17) is 0 Å². The summed E-state index contributed by atoms with van der Waals surface area (Å²) in [5.41, 5.74) is 0.670. The maximum atomic E-state index is 11.5. The van der Waals surface area contributed by atoms with Crippen LogP contribution in [0.5, 0.6) is 0 Å². The highest BCUT2D eigenvalue weighted by Crippen LogP contribution is 2.05. The molecule has 1 rings (SSSR count). The van der Waals surface area contributed by atoms with Crippen molar-refractivity contribution in [3.63, 3.8) is 0 Å². The molecule has 0 aliphatic rings. The summed E-state index contributed by atoms with van der Waals surface area (Å²) in [6.45, 7) is 1.54. The maximum absolute atomic E-state index is 11.5. The topological polar surface area (TPSA) is 47.0 Å². The molecule has 1 heterocycles. The van der Waals surface area contributed by atoms with E-state index in [0.717, 1.165) is 0 Å². The molecule has 0 atom stereocenters. The van der Waals surface area contributed by atoms with Crippen molar-refractivity contribution in [2.24, 2.45) is 0 Å². The molecule has 0 fully saturated rings. The fourth-order valence-corrected chi connectivity index (χ4v) is 1.18. The number of nitrogens with zero attached hydrogens (tertiary/aromatic N) is 1. The number of Topliss-reactive ketones (excluding diaryl/α,β-unsaturated/α-hetero) is 2. The van der Waals surface area contributed by atoms with E-state index in [-0.39, 0.29) is 11.6 Å². The molecule has 0 spiro atoms. The monoisotopic (exact) mass is 191 g/mol. The Morgan fingerprint density at radius 3 is 2.43 bits per heavy atom. The zero-order valence-corrected chi connectivity index (χ0v) is 8.19. The number of ketones is 2. The Morgan fingerprint density at radius 2 is 1.86 bits per heavy atom. The lowest BCUT2D eigenvalue weighted by molar-refractivity contribution is -0.117. The fraction of sp³-hybridized carbons (Fsp3) is 0.364. The van der Waals surface area contributed by atoms with Crippen LogP contribution in [0, 0.1) is 0 Å². The lowest BCUT2D eigenvalue weighted by atomic mass is 10.1. The molecule has 0 radical (unpaired) electrons. The van der Waals surface area contributed by atoms with Crippen molar-refractivity contribution in [1.29, 1.82) is 0 Å². The summed E-state index contributed by atoms with van der Waals surface area (Å²) >= 11 is 0. The van der Waals surface area contributed by atoms with Gasteiger partial charge in [-0.25, -0.2) is 0 Å². The van der Waals surface area contributed by atoms with E-state index in [1.807, 2.05) is 0 Å². The van der Waals surface area contributed by atoms with Crippen LogP contribution in [0.25, 0.3) is 0 Å². The standard InChI is InChI=1S/C11H13NO2/c1-9(13)3-2-4-11(14)10-5-7-12-8-6-10/h5-8H,2-4H2,1H3. The number of hydrogen-bond acceptors (Lipinski definition) is 3. The van der Waals surface area contributed by atoms with E-state index in [1.165, 1.54) is 6.92 Å². The molecule has 0 aliphatic carbocycles. The highest BCUT2D eigenvalue weighted by Gasteiger charge is 2.05. The van der Waals surface area contributed by atoms with Gasteiger partial charge in [0.25, 0.3) is 0 Å². The molecule has 74 valence electrons. The van der Waals surface area contributed by atoms with Crippen LogP contribution in [-0.4, -0.2) is 16.6 Å². The van der Waals surface area contributed by atoms with Crippen molar-refractivity contribution in [3.05, 3.63) is 30.1 Å². The lowest BCUT2D eigenvalue weighted by Gasteiger charge is -1.98. The van der Waals surface area contributed by atoms with Gasteiger partial charge in [-0.15, -0.1) is 0 Å². The average Bonchev–Trinajstić information content (AvgIpc) is 2.18. The van der Waals surface area contributed by atoms with Crippen LogP contribution in [0.4, 0.5) is 0 Å². The number of pyridine rings is 1. The van der Waals surface area contributed by atoms with Gasteiger partial charge in [0.1, 0.15) is 5.78 Å². The number of carbonyl (C=O) groups is 2. The molecule has 0 unspecified atom stereocenters. The Morgan fingerprint density at radius 1 is 1.21 bits per heavy atom.